The number of halogens is 2. The number of hydrogen-bond donors (Lipinski definition) is 2. The molecule has 5 nitrogen and oxygen atoms in total. The van der Waals surface area contributed by atoms with Crippen LogP contribution in [0.4, 0.5) is 5.69 Å². The Morgan fingerprint density at radius 3 is 2.65 bits per heavy atom. The largest absolute Gasteiger partial charge is 0.364 e. The first kappa shape index (κ1) is 23.5. The summed E-state index contributed by atoms with van der Waals surface area (Å²) in [5.74, 6) is 2.38. The molecule has 1 amide bonds. The lowest BCUT2D eigenvalue weighted by Crippen LogP contribution is -2.32. The fourth-order valence-electron chi connectivity index (χ4n) is 3.27. The van der Waals surface area contributed by atoms with Gasteiger partial charge < -0.3 is 15.8 Å². The molecule has 3 rings (SSSR count). The Balaban J connectivity index is 0.00000169. The molecule has 2 saturated heterocycles. The topological polar surface area (TPSA) is 67.6 Å². The molecule has 1 aromatic carbocycles. The van der Waals surface area contributed by atoms with Gasteiger partial charge in [-0.1, -0.05) is 12.1 Å². The number of hydrogen-bond acceptors (Lipinski definition) is 5. The Labute approximate surface area is 172 Å². The first-order valence-corrected chi connectivity index (χ1v) is 9.87. The predicted molar refractivity (Wildman–Crippen MR) is 114 cm³/mol. The maximum atomic E-state index is 12.3. The zero-order chi connectivity index (χ0) is 16.9. The summed E-state index contributed by atoms with van der Waals surface area (Å²) < 4.78 is 5.66. The summed E-state index contributed by atoms with van der Waals surface area (Å²) in [6.45, 7) is 5.82. The molecule has 26 heavy (non-hydrogen) atoms. The standard InChI is InChI=1S/C18H27N3O2S.2ClH/c1-13-10-14(12-21-6-8-24-9-7-21)2-4-16(13)20-18(22)17-5-3-15(11-19)23-17;;/h2,4,10,15,17H,3,5-9,11-12,19H2,1H3,(H,20,22);2*1H/t15-,17+;;/m1../s1. The second kappa shape index (κ2) is 11.4. The number of nitrogens with two attached hydrogens (primary N) is 1. The van der Waals surface area contributed by atoms with E-state index < -0.39 is 0 Å². The van der Waals surface area contributed by atoms with Gasteiger partial charge in [-0.15, -0.1) is 24.8 Å². The lowest BCUT2D eigenvalue weighted by Gasteiger charge is -2.26. The number of amides is 1. The van der Waals surface area contributed by atoms with Gasteiger partial charge in [0, 0.05) is 43.4 Å². The van der Waals surface area contributed by atoms with Crippen molar-refractivity contribution in [2.75, 3.05) is 36.5 Å². The van der Waals surface area contributed by atoms with Gasteiger partial charge in [-0.25, -0.2) is 0 Å². The van der Waals surface area contributed by atoms with Gasteiger partial charge in [-0.2, -0.15) is 11.8 Å². The highest BCUT2D eigenvalue weighted by Crippen LogP contribution is 2.23. The lowest BCUT2D eigenvalue weighted by atomic mass is 10.1. The Bertz CT molecular complexity index is 586. The van der Waals surface area contributed by atoms with Gasteiger partial charge >= 0.3 is 0 Å². The van der Waals surface area contributed by atoms with E-state index in [-0.39, 0.29) is 42.9 Å². The number of aryl methyl sites for hydroxylation is 1. The highest BCUT2D eigenvalue weighted by Gasteiger charge is 2.30. The van der Waals surface area contributed by atoms with Gasteiger partial charge in [-0.3, -0.25) is 9.69 Å². The average Bonchev–Trinajstić information content (AvgIpc) is 3.07. The molecular formula is C18H29Cl2N3O2S. The number of anilines is 1. The molecule has 2 heterocycles. The van der Waals surface area contributed by atoms with Gasteiger partial charge in [0.1, 0.15) is 6.10 Å². The molecule has 148 valence electrons. The molecule has 2 atom stereocenters. The second-order valence-electron chi connectivity index (χ2n) is 6.59. The fraction of sp³-hybridized carbons (Fsp3) is 0.611. The minimum atomic E-state index is -0.372. The van der Waals surface area contributed by atoms with E-state index in [9.17, 15) is 4.79 Å². The van der Waals surface area contributed by atoms with Crippen LogP contribution >= 0.6 is 36.6 Å². The number of thioether (sulfide) groups is 1. The summed E-state index contributed by atoms with van der Waals surface area (Å²) >= 11 is 2.03. The average molecular weight is 422 g/mol. The zero-order valence-corrected chi connectivity index (χ0v) is 17.6. The van der Waals surface area contributed by atoms with E-state index in [1.54, 1.807) is 0 Å². The molecule has 0 saturated carbocycles. The van der Waals surface area contributed by atoms with Crippen LogP contribution in [-0.2, 0) is 16.1 Å². The van der Waals surface area contributed by atoms with Crippen LogP contribution in [-0.4, -0.2) is 54.2 Å². The summed E-state index contributed by atoms with van der Waals surface area (Å²) in [7, 11) is 0. The number of nitrogens with one attached hydrogen (secondary N) is 1. The van der Waals surface area contributed by atoms with Crippen molar-refractivity contribution in [1.29, 1.82) is 0 Å². The van der Waals surface area contributed by atoms with Crippen LogP contribution in [0.3, 0.4) is 0 Å². The predicted octanol–water partition coefficient (Wildman–Crippen LogP) is 2.83. The molecule has 0 spiro atoms. The van der Waals surface area contributed by atoms with Crippen LogP contribution in [0.2, 0.25) is 0 Å². The molecule has 0 aliphatic carbocycles. The summed E-state index contributed by atoms with van der Waals surface area (Å²) in [6.07, 6.45) is 1.26. The van der Waals surface area contributed by atoms with Crippen molar-refractivity contribution >= 4 is 48.2 Å². The summed E-state index contributed by atoms with van der Waals surface area (Å²) in [6, 6.07) is 6.30. The van der Waals surface area contributed by atoms with Gasteiger partial charge in [0.15, 0.2) is 0 Å². The summed E-state index contributed by atoms with van der Waals surface area (Å²) in [5, 5.41) is 3.01. The van der Waals surface area contributed by atoms with Crippen LogP contribution in [0.15, 0.2) is 18.2 Å². The van der Waals surface area contributed by atoms with Crippen LogP contribution in [0, 0.1) is 6.92 Å². The van der Waals surface area contributed by atoms with Crippen LogP contribution in [0.1, 0.15) is 24.0 Å². The van der Waals surface area contributed by atoms with E-state index in [2.05, 4.69) is 22.3 Å². The third kappa shape index (κ3) is 6.29. The van der Waals surface area contributed by atoms with Gasteiger partial charge in [-0.05, 0) is 37.0 Å². The van der Waals surface area contributed by atoms with Crippen molar-refractivity contribution in [3.8, 4) is 0 Å². The van der Waals surface area contributed by atoms with E-state index in [4.69, 9.17) is 10.5 Å². The Morgan fingerprint density at radius 2 is 2.04 bits per heavy atom. The molecule has 1 aromatic rings. The van der Waals surface area contributed by atoms with Crippen LogP contribution in [0.5, 0.6) is 0 Å². The summed E-state index contributed by atoms with van der Waals surface area (Å²) in [5.41, 5.74) is 8.88. The number of carbonyl (C=O) groups is 1. The number of ether oxygens (including phenoxy) is 1. The quantitative estimate of drug-likeness (QED) is 0.764. The molecule has 3 N–H and O–H groups in total. The smallest absolute Gasteiger partial charge is 0.253 e. The molecule has 0 radical (unpaired) electrons. The maximum Gasteiger partial charge on any atom is 0.253 e. The molecule has 0 bridgehead atoms. The van der Waals surface area contributed by atoms with Crippen molar-refractivity contribution in [3.05, 3.63) is 29.3 Å². The van der Waals surface area contributed by atoms with E-state index in [1.807, 2.05) is 24.8 Å². The number of carbonyl (C=O) groups excluding carboxylic acids is 1. The summed E-state index contributed by atoms with van der Waals surface area (Å²) in [4.78, 5) is 14.8. The minimum Gasteiger partial charge on any atom is -0.364 e. The van der Waals surface area contributed by atoms with Gasteiger partial charge in [0.25, 0.3) is 5.91 Å². The molecule has 2 fully saturated rings. The van der Waals surface area contributed by atoms with Crippen molar-refractivity contribution in [1.82, 2.24) is 4.90 Å². The van der Waals surface area contributed by atoms with Crippen LogP contribution in [0.25, 0.3) is 0 Å². The SMILES string of the molecule is Cc1cc(CN2CCSCC2)ccc1NC(=O)[C@@H]1CC[C@H](CN)O1.Cl.Cl. The number of nitrogens with zero attached hydrogens (tertiary/aromatic N) is 1. The molecule has 2 aliphatic heterocycles. The Hall–Kier alpha value is -0.500. The molecule has 8 heteroatoms. The highest BCUT2D eigenvalue weighted by molar-refractivity contribution is 7.99. The van der Waals surface area contributed by atoms with Gasteiger partial charge in [0.2, 0.25) is 0 Å². The van der Waals surface area contributed by atoms with Crippen molar-refractivity contribution in [3.63, 3.8) is 0 Å². The van der Waals surface area contributed by atoms with E-state index >= 15 is 0 Å². The third-order valence-electron chi connectivity index (χ3n) is 4.72. The highest BCUT2D eigenvalue weighted by atomic mass is 35.5. The zero-order valence-electron chi connectivity index (χ0n) is 15.1. The minimum absolute atomic E-state index is 0. The lowest BCUT2D eigenvalue weighted by molar-refractivity contribution is -0.126. The molecular weight excluding hydrogens is 393 g/mol. The van der Waals surface area contributed by atoms with E-state index in [1.165, 1.54) is 17.1 Å². The molecule has 0 aromatic heterocycles. The van der Waals surface area contributed by atoms with Gasteiger partial charge in [0.05, 0.1) is 6.10 Å². The number of benzene rings is 1. The second-order valence-corrected chi connectivity index (χ2v) is 7.81. The van der Waals surface area contributed by atoms with Crippen LogP contribution < -0.4 is 11.1 Å². The van der Waals surface area contributed by atoms with Crippen molar-refractivity contribution in [2.45, 2.75) is 38.5 Å². The normalized spacial score (nSPS) is 23.0. The van der Waals surface area contributed by atoms with E-state index in [0.717, 1.165) is 43.7 Å². The molecule has 2 aliphatic rings. The third-order valence-corrected chi connectivity index (χ3v) is 5.66. The fourth-order valence-corrected chi connectivity index (χ4v) is 4.25. The van der Waals surface area contributed by atoms with E-state index in [0.29, 0.717) is 6.54 Å². The van der Waals surface area contributed by atoms with Crippen molar-refractivity contribution in [2.24, 2.45) is 5.73 Å². The first-order chi connectivity index (χ1) is 11.7. The Morgan fingerprint density at radius 1 is 1.31 bits per heavy atom. The Kier molecular flexibility index (Phi) is 10.3. The maximum absolute atomic E-state index is 12.3. The number of rotatable bonds is 5. The molecule has 0 unspecified atom stereocenters. The monoisotopic (exact) mass is 421 g/mol. The van der Waals surface area contributed by atoms with Crippen molar-refractivity contribution < 1.29 is 9.53 Å². The first-order valence-electron chi connectivity index (χ1n) is 8.71.